The molecule has 1 amide bonds. The molecule has 4 atom stereocenters. The molecule has 0 saturated heterocycles. The van der Waals surface area contributed by atoms with Crippen LogP contribution >= 0.6 is 0 Å². The largest absolute Gasteiger partial charge is 1.00 e. The van der Waals surface area contributed by atoms with Crippen molar-refractivity contribution in [2.45, 2.75) is 70.4 Å². The minimum absolute atomic E-state index is 0. The second-order valence-electron chi connectivity index (χ2n) is 6.88. The molecule has 0 heterocycles. The molecule has 0 saturated carbocycles. The molecule has 0 aliphatic carbocycles. The monoisotopic (exact) mass is 466 g/mol. The number of hydrogen-bond acceptors (Lipinski definition) is 10. The molecule has 5 N–H and O–H groups in total. The summed E-state index contributed by atoms with van der Waals surface area (Å²) in [7, 11) is -5.10. The third-order valence-corrected chi connectivity index (χ3v) is 4.75. The fourth-order valence-corrected chi connectivity index (χ4v) is 2.84. The summed E-state index contributed by atoms with van der Waals surface area (Å²) in [6.07, 6.45) is -3.29. The molecule has 0 aliphatic rings. The zero-order chi connectivity index (χ0) is 22.4. The summed E-state index contributed by atoms with van der Waals surface area (Å²) in [5, 5.41) is 41.2. The molecule has 0 aromatic rings. The molecule has 0 aliphatic heterocycles. The van der Waals surface area contributed by atoms with Gasteiger partial charge in [-0.25, -0.2) is 8.42 Å². The van der Waals surface area contributed by atoms with Crippen LogP contribution in [0.1, 0.15) is 46.0 Å². The summed E-state index contributed by atoms with van der Waals surface area (Å²) < 4.78 is 34.8. The van der Waals surface area contributed by atoms with E-state index in [1.54, 1.807) is 0 Å². The van der Waals surface area contributed by atoms with Crippen LogP contribution in [0.3, 0.4) is 0 Å². The van der Waals surface area contributed by atoms with Gasteiger partial charge in [0.15, 0.2) is 6.10 Å². The van der Waals surface area contributed by atoms with Crippen molar-refractivity contribution in [1.29, 1.82) is 0 Å². The average molecular weight is 467 g/mol. The van der Waals surface area contributed by atoms with Gasteiger partial charge in [0, 0.05) is 6.54 Å². The molecular weight excluding hydrogens is 431 g/mol. The van der Waals surface area contributed by atoms with Crippen molar-refractivity contribution in [3.8, 4) is 0 Å². The number of rotatable bonds is 17. The number of aliphatic hydroxyl groups excluding tert-OH is 4. The number of carbonyl (C=O) groups is 1. The Hall–Kier alpha value is 0.140. The molecule has 13 heteroatoms. The van der Waals surface area contributed by atoms with E-state index in [1.807, 2.05) is 0 Å². The van der Waals surface area contributed by atoms with Gasteiger partial charge in [-0.2, -0.15) is 0 Å². The first kappa shape index (κ1) is 32.3. The van der Waals surface area contributed by atoms with Crippen molar-refractivity contribution in [2.24, 2.45) is 0 Å². The fraction of sp³-hybridized carbons (Fsp3) is 0.941. The van der Waals surface area contributed by atoms with Crippen molar-refractivity contribution in [1.82, 2.24) is 10.2 Å². The van der Waals surface area contributed by atoms with Gasteiger partial charge >= 0.3 is 29.6 Å². The number of carbonyl (C=O) groups excluding carboxylic acids is 1. The summed E-state index contributed by atoms with van der Waals surface area (Å²) in [5.41, 5.74) is 0. The summed E-state index contributed by atoms with van der Waals surface area (Å²) in [4.78, 5) is 14.2. The number of aliphatic hydroxyl groups is 4. The quantitative estimate of drug-likeness (QED) is 0.0605. The van der Waals surface area contributed by atoms with Crippen molar-refractivity contribution in [3.05, 3.63) is 0 Å². The first-order valence-electron chi connectivity index (χ1n) is 9.86. The zero-order valence-electron chi connectivity index (χ0n) is 18.1. The van der Waals surface area contributed by atoms with Crippen LogP contribution < -0.4 is 34.9 Å². The van der Waals surface area contributed by atoms with Crippen molar-refractivity contribution < 1.29 is 71.9 Å². The van der Waals surface area contributed by atoms with Crippen LogP contribution in [0.25, 0.3) is 0 Å². The van der Waals surface area contributed by atoms with Gasteiger partial charge in [-0.1, -0.05) is 26.7 Å². The van der Waals surface area contributed by atoms with Gasteiger partial charge in [0.2, 0.25) is 10.4 Å². The minimum atomic E-state index is -5.10. The van der Waals surface area contributed by atoms with Gasteiger partial charge in [-0.05, 0) is 38.9 Å². The molecule has 174 valence electrons. The molecule has 0 aromatic carbocycles. The van der Waals surface area contributed by atoms with Gasteiger partial charge < -0.3 is 35.2 Å². The number of amides is 1. The third-order valence-electron chi connectivity index (χ3n) is 4.33. The fourth-order valence-electron chi connectivity index (χ4n) is 2.54. The normalized spacial score (nSPS) is 15.9. The van der Waals surface area contributed by atoms with Crippen molar-refractivity contribution >= 4 is 16.3 Å². The summed E-state index contributed by atoms with van der Waals surface area (Å²) >= 11 is 0. The Kier molecular flexibility index (Phi) is 19.0. The van der Waals surface area contributed by atoms with E-state index in [4.69, 9.17) is 0 Å². The van der Waals surface area contributed by atoms with E-state index in [2.05, 4.69) is 28.2 Å². The molecule has 0 bridgehead atoms. The predicted octanol–water partition coefficient (Wildman–Crippen LogP) is -4.68. The molecule has 0 radical (unpaired) electrons. The van der Waals surface area contributed by atoms with Crippen LogP contribution in [0.5, 0.6) is 0 Å². The van der Waals surface area contributed by atoms with Crippen LogP contribution in [-0.2, 0) is 19.4 Å². The maximum Gasteiger partial charge on any atom is 1.00 e. The van der Waals surface area contributed by atoms with Crippen LogP contribution in [0.4, 0.5) is 0 Å². The first-order valence-corrected chi connectivity index (χ1v) is 11.2. The maximum absolute atomic E-state index is 11.9. The summed E-state index contributed by atoms with van der Waals surface area (Å²) in [5.74, 6) is -0.949. The van der Waals surface area contributed by atoms with Crippen LogP contribution in [-0.4, -0.2) is 101 Å². The molecule has 30 heavy (non-hydrogen) atoms. The Morgan fingerprint density at radius 1 is 1.00 bits per heavy atom. The van der Waals surface area contributed by atoms with Crippen LogP contribution in [0.15, 0.2) is 0 Å². The number of hydrogen-bond donors (Lipinski definition) is 5. The van der Waals surface area contributed by atoms with E-state index in [1.165, 1.54) is 0 Å². The van der Waals surface area contributed by atoms with Gasteiger partial charge in [0.25, 0.3) is 5.91 Å². The van der Waals surface area contributed by atoms with E-state index >= 15 is 0 Å². The molecule has 0 unspecified atom stereocenters. The molecule has 0 spiro atoms. The van der Waals surface area contributed by atoms with E-state index in [9.17, 15) is 38.2 Å². The summed E-state index contributed by atoms with van der Waals surface area (Å²) in [6, 6.07) is 0. The Morgan fingerprint density at radius 2 is 1.50 bits per heavy atom. The van der Waals surface area contributed by atoms with Crippen LogP contribution in [0, 0.1) is 0 Å². The number of nitrogens with zero attached hydrogens (tertiary/aromatic N) is 1. The SMILES string of the molecule is CCCCN(CCCC)CCCNC(=O)[C@H](O)[C@@H](O)[C@H](O)[C@H](O)COS(=O)(=O)[O-].[Na+]. The Balaban J connectivity index is 0. The standard InChI is InChI=1S/C17H36N2O9S.Na/c1-3-5-9-19(10-6-4-2)11-7-8-18-17(24)16(23)15(22)14(21)13(20)12-28-29(25,26)27;/h13-16,20-23H,3-12H2,1-2H3,(H,18,24)(H,25,26,27);/q;+1/p-1/t13-,14-,15+,16-;/m1./s1. The molecule has 0 fully saturated rings. The Bertz CT molecular complexity index is 545. The second kappa shape index (κ2) is 17.7. The molecule has 11 nitrogen and oxygen atoms in total. The maximum atomic E-state index is 11.9. The number of nitrogens with one attached hydrogen (secondary N) is 1. The third kappa shape index (κ3) is 15.0. The van der Waals surface area contributed by atoms with E-state index in [0.717, 1.165) is 45.3 Å². The van der Waals surface area contributed by atoms with Crippen molar-refractivity contribution in [3.63, 3.8) is 0 Å². The van der Waals surface area contributed by atoms with Gasteiger partial charge in [-0.3, -0.25) is 8.98 Å². The second-order valence-corrected chi connectivity index (χ2v) is 7.93. The van der Waals surface area contributed by atoms with E-state index in [-0.39, 0.29) is 36.1 Å². The van der Waals surface area contributed by atoms with Crippen LogP contribution in [0.2, 0.25) is 0 Å². The molecule has 0 aromatic heterocycles. The zero-order valence-corrected chi connectivity index (χ0v) is 20.9. The Morgan fingerprint density at radius 3 is 1.97 bits per heavy atom. The molecular formula is C17H35N2NaO9S. The number of unbranched alkanes of at least 4 members (excludes halogenated alkanes) is 2. The van der Waals surface area contributed by atoms with Crippen molar-refractivity contribution in [2.75, 3.05) is 32.8 Å². The van der Waals surface area contributed by atoms with Gasteiger partial charge in [-0.15, -0.1) is 0 Å². The van der Waals surface area contributed by atoms with E-state index < -0.39 is 47.3 Å². The average Bonchev–Trinajstić information content (AvgIpc) is 2.68. The topological polar surface area (TPSA) is 180 Å². The summed E-state index contributed by atoms with van der Waals surface area (Å²) in [6.45, 7) is 6.05. The Labute approximate surface area is 201 Å². The smallest absolute Gasteiger partial charge is 0.726 e. The van der Waals surface area contributed by atoms with E-state index in [0.29, 0.717) is 6.42 Å². The van der Waals surface area contributed by atoms with Gasteiger partial charge in [0.05, 0.1) is 6.61 Å². The predicted molar refractivity (Wildman–Crippen MR) is 104 cm³/mol. The first-order chi connectivity index (χ1) is 13.5. The minimum Gasteiger partial charge on any atom is -0.726 e. The van der Waals surface area contributed by atoms with Gasteiger partial charge in [0.1, 0.15) is 18.3 Å². The molecule has 0 rings (SSSR count).